The summed E-state index contributed by atoms with van der Waals surface area (Å²) in [5, 5.41) is 2.71. The molecule has 0 spiro atoms. The number of rotatable bonds is 10. The summed E-state index contributed by atoms with van der Waals surface area (Å²) in [4.78, 5) is 31.6. The smallest absolute Gasteiger partial charge is 0.273 e. The van der Waals surface area contributed by atoms with Crippen LogP contribution in [0.1, 0.15) is 64.9 Å². The molecule has 0 saturated carbocycles. The molecule has 8 nitrogen and oxygen atoms in total. The van der Waals surface area contributed by atoms with E-state index in [0.717, 1.165) is 17.5 Å². The summed E-state index contributed by atoms with van der Waals surface area (Å²) in [5.41, 5.74) is 4.72. The molecule has 2 aromatic carbocycles. The van der Waals surface area contributed by atoms with Crippen LogP contribution >= 0.6 is 0 Å². The molecule has 1 aliphatic rings. The highest BCUT2D eigenvalue weighted by atomic mass is 16.5. The van der Waals surface area contributed by atoms with E-state index in [1.54, 1.807) is 7.11 Å². The molecule has 0 unspecified atom stereocenters. The zero-order chi connectivity index (χ0) is 26.4. The van der Waals surface area contributed by atoms with Gasteiger partial charge in [-0.1, -0.05) is 49.7 Å². The summed E-state index contributed by atoms with van der Waals surface area (Å²) in [5.74, 6) is 1.08. The average molecular weight is 506 g/mol. The van der Waals surface area contributed by atoms with E-state index in [-0.39, 0.29) is 36.1 Å². The molecule has 0 fully saturated rings. The number of nitrogens with zero attached hydrogens (tertiary/aromatic N) is 2. The van der Waals surface area contributed by atoms with Crippen molar-refractivity contribution in [3.05, 3.63) is 82.6 Å². The number of fused-ring (bicyclic) bond motifs is 1. The number of aryl methyl sites for hydroxylation is 1. The highest BCUT2D eigenvalue weighted by Crippen LogP contribution is 2.38. The Morgan fingerprint density at radius 2 is 1.97 bits per heavy atom. The Labute approximate surface area is 218 Å². The summed E-state index contributed by atoms with van der Waals surface area (Å²) in [7, 11) is 1.57. The van der Waals surface area contributed by atoms with E-state index in [1.807, 2.05) is 17.0 Å². The number of ether oxygens (including phenoxy) is 2. The molecule has 196 valence electrons. The molecule has 8 heteroatoms. The van der Waals surface area contributed by atoms with E-state index in [0.29, 0.717) is 37.8 Å². The van der Waals surface area contributed by atoms with Gasteiger partial charge in [-0.3, -0.25) is 9.59 Å². The third kappa shape index (κ3) is 6.57. The second kappa shape index (κ2) is 12.1. The van der Waals surface area contributed by atoms with Gasteiger partial charge in [-0.15, -0.1) is 0 Å². The van der Waals surface area contributed by atoms with Crippen molar-refractivity contribution in [1.29, 1.82) is 0 Å². The molecule has 0 bridgehead atoms. The van der Waals surface area contributed by atoms with Crippen molar-refractivity contribution in [2.75, 3.05) is 26.8 Å². The maximum absolute atomic E-state index is 13.2. The second-order valence-electron chi connectivity index (χ2n) is 9.77. The van der Waals surface area contributed by atoms with Gasteiger partial charge in [0, 0.05) is 26.6 Å². The number of nitrogens with one attached hydrogen (secondary N) is 1. The predicted octanol–water partition coefficient (Wildman–Crippen LogP) is 4.46. The van der Waals surface area contributed by atoms with Gasteiger partial charge in [0.2, 0.25) is 11.8 Å². The van der Waals surface area contributed by atoms with Gasteiger partial charge in [-0.25, -0.2) is 4.98 Å². The summed E-state index contributed by atoms with van der Waals surface area (Å²) in [6.07, 6.45) is 2.63. The SMILES string of the molecule is COCCNC(=O)c1coc(COc2ccc3c(c2)[C@@H](c2ccc(C)cc2)N(C(=O)CC(C)C)CC3)n1. The van der Waals surface area contributed by atoms with Crippen molar-refractivity contribution in [1.82, 2.24) is 15.2 Å². The molecular formula is C29H35N3O5. The van der Waals surface area contributed by atoms with Crippen LogP contribution in [0.5, 0.6) is 5.75 Å². The summed E-state index contributed by atoms with van der Waals surface area (Å²) >= 11 is 0. The molecule has 4 rings (SSSR count). The standard InChI is InChI=1S/C29H35N3O5/c1-19(2)15-27(33)32-13-11-21-9-10-23(16-24(21)28(32)22-7-5-20(3)6-8-22)36-18-26-31-25(17-37-26)29(34)30-12-14-35-4/h5-10,16-17,19,28H,11-15,18H2,1-4H3,(H,30,34)/t28-/m1/s1. The number of carbonyl (C=O) groups excluding carboxylic acids is 2. The summed E-state index contributed by atoms with van der Waals surface area (Å²) < 4.78 is 16.4. The van der Waals surface area contributed by atoms with Crippen molar-refractivity contribution in [3.8, 4) is 5.75 Å². The molecule has 1 atom stereocenters. The Bertz CT molecular complexity index is 1220. The molecule has 1 N–H and O–H groups in total. The van der Waals surface area contributed by atoms with Crippen LogP contribution in [0.2, 0.25) is 0 Å². The largest absolute Gasteiger partial charge is 0.484 e. The zero-order valence-corrected chi connectivity index (χ0v) is 22.0. The quantitative estimate of drug-likeness (QED) is 0.409. The van der Waals surface area contributed by atoms with Crippen LogP contribution in [-0.2, 0) is 22.6 Å². The number of hydrogen-bond acceptors (Lipinski definition) is 6. The first kappa shape index (κ1) is 26.4. The van der Waals surface area contributed by atoms with Crippen molar-refractivity contribution < 1.29 is 23.5 Å². The minimum Gasteiger partial charge on any atom is -0.484 e. The Kier molecular flexibility index (Phi) is 8.61. The van der Waals surface area contributed by atoms with Gasteiger partial charge in [0.1, 0.15) is 12.0 Å². The van der Waals surface area contributed by atoms with Crippen LogP contribution in [0.3, 0.4) is 0 Å². The van der Waals surface area contributed by atoms with Gasteiger partial charge in [-0.05, 0) is 48.1 Å². The predicted molar refractivity (Wildman–Crippen MR) is 139 cm³/mol. The topological polar surface area (TPSA) is 93.9 Å². The van der Waals surface area contributed by atoms with E-state index in [4.69, 9.17) is 13.9 Å². The van der Waals surface area contributed by atoms with Crippen LogP contribution in [0.25, 0.3) is 0 Å². The van der Waals surface area contributed by atoms with Crippen molar-refractivity contribution in [3.63, 3.8) is 0 Å². The van der Waals surface area contributed by atoms with Crippen LogP contribution < -0.4 is 10.1 Å². The number of amides is 2. The van der Waals surface area contributed by atoms with E-state index in [9.17, 15) is 9.59 Å². The minimum absolute atomic E-state index is 0.0787. The van der Waals surface area contributed by atoms with Gasteiger partial charge >= 0.3 is 0 Å². The maximum Gasteiger partial charge on any atom is 0.273 e. The van der Waals surface area contributed by atoms with Gasteiger partial charge in [0.25, 0.3) is 5.91 Å². The first-order chi connectivity index (χ1) is 17.9. The normalized spacial score (nSPS) is 14.9. The van der Waals surface area contributed by atoms with Gasteiger partial charge in [-0.2, -0.15) is 0 Å². The first-order valence-corrected chi connectivity index (χ1v) is 12.7. The maximum atomic E-state index is 13.2. The minimum atomic E-state index is -0.326. The molecule has 2 heterocycles. The average Bonchev–Trinajstić information content (AvgIpc) is 3.36. The third-order valence-electron chi connectivity index (χ3n) is 6.38. The van der Waals surface area contributed by atoms with Crippen molar-refractivity contribution in [2.24, 2.45) is 5.92 Å². The first-order valence-electron chi connectivity index (χ1n) is 12.7. The third-order valence-corrected chi connectivity index (χ3v) is 6.38. The van der Waals surface area contributed by atoms with Crippen molar-refractivity contribution in [2.45, 2.75) is 46.3 Å². The number of aromatic nitrogens is 1. The number of oxazole rings is 1. The monoisotopic (exact) mass is 505 g/mol. The highest BCUT2D eigenvalue weighted by molar-refractivity contribution is 5.91. The highest BCUT2D eigenvalue weighted by Gasteiger charge is 2.32. The molecule has 0 aliphatic carbocycles. The summed E-state index contributed by atoms with van der Waals surface area (Å²) in [6, 6.07) is 14.2. The number of carbonyl (C=O) groups is 2. The van der Waals surface area contributed by atoms with Crippen molar-refractivity contribution >= 4 is 11.8 Å². The van der Waals surface area contributed by atoms with Crippen LogP contribution in [0.15, 0.2) is 53.1 Å². The number of hydrogen-bond donors (Lipinski definition) is 1. The lowest BCUT2D eigenvalue weighted by atomic mass is 9.87. The lowest BCUT2D eigenvalue weighted by Crippen LogP contribution is -2.41. The summed E-state index contributed by atoms with van der Waals surface area (Å²) in [6.45, 7) is 7.77. The van der Waals surface area contributed by atoms with Gasteiger partial charge < -0.3 is 24.1 Å². The molecule has 2 amide bonds. The Morgan fingerprint density at radius 1 is 1.19 bits per heavy atom. The molecule has 0 saturated heterocycles. The van der Waals surface area contributed by atoms with Gasteiger partial charge in [0.05, 0.1) is 12.6 Å². The zero-order valence-electron chi connectivity index (χ0n) is 22.0. The fourth-order valence-corrected chi connectivity index (χ4v) is 4.51. The van der Waals surface area contributed by atoms with Crippen LogP contribution in [0, 0.1) is 12.8 Å². The lowest BCUT2D eigenvalue weighted by Gasteiger charge is -2.38. The molecular weight excluding hydrogens is 470 g/mol. The fourth-order valence-electron chi connectivity index (χ4n) is 4.51. The van der Waals surface area contributed by atoms with Crippen LogP contribution in [0.4, 0.5) is 0 Å². The fraction of sp³-hybridized carbons (Fsp3) is 0.414. The van der Waals surface area contributed by atoms with E-state index in [2.05, 4.69) is 61.4 Å². The molecule has 1 aromatic heterocycles. The Balaban J connectivity index is 1.53. The van der Waals surface area contributed by atoms with E-state index < -0.39 is 0 Å². The van der Waals surface area contributed by atoms with Crippen LogP contribution in [-0.4, -0.2) is 48.5 Å². The Hall–Kier alpha value is -3.65. The Morgan fingerprint density at radius 3 is 2.70 bits per heavy atom. The number of methoxy groups -OCH3 is 1. The van der Waals surface area contributed by atoms with E-state index >= 15 is 0 Å². The van der Waals surface area contributed by atoms with Gasteiger partial charge in [0.15, 0.2) is 12.3 Å². The molecule has 3 aromatic rings. The molecule has 1 aliphatic heterocycles. The second-order valence-corrected chi connectivity index (χ2v) is 9.77. The lowest BCUT2D eigenvalue weighted by molar-refractivity contribution is -0.134. The number of benzene rings is 2. The molecule has 37 heavy (non-hydrogen) atoms. The molecule has 0 radical (unpaired) electrons. The van der Waals surface area contributed by atoms with E-state index in [1.165, 1.54) is 17.4 Å².